The average Bonchev–Trinajstić information content (AvgIpc) is 2.38. The first-order chi connectivity index (χ1) is 9.40. The molecule has 0 aliphatic heterocycles. The second-order valence-corrected chi connectivity index (χ2v) is 5.14. The molecule has 1 amide bonds. The zero-order valence-corrected chi connectivity index (χ0v) is 15.4. The van der Waals surface area contributed by atoms with Crippen LogP contribution in [0, 0.1) is 19.8 Å². The van der Waals surface area contributed by atoms with Gasteiger partial charge in [0.25, 0.3) is 0 Å². The van der Waals surface area contributed by atoms with Gasteiger partial charge in [-0.2, -0.15) is 0 Å². The number of guanidine groups is 1. The number of carbonyl (C=O) groups is 1. The van der Waals surface area contributed by atoms with Crippen molar-refractivity contribution in [1.29, 1.82) is 0 Å². The van der Waals surface area contributed by atoms with Gasteiger partial charge in [-0.25, -0.2) is 0 Å². The SMILES string of the molecule is Cc1ccc(NC(N)=NCCNC(=O)C(C)C)cc1C.I. The number of anilines is 1. The summed E-state index contributed by atoms with van der Waals surface area (Å²) in [5, 5.41) is 5.82. The van der Waals surface area contributed by atoms with Crippen molar-refractivity contribution >= 4 is 41.5 Å². The molecule has 4 N–H and O–H groups in total. The minimum absolute atomic E-state index is 0. The lowest BCUT2D eigenvalue weighted by atomic mass is 10.1. The Balaban J connectivity index is 0.00000400. The van der Waals surface area contributed by atoms with Crippen LogP contribution in [0.15, 0.2) is 23.2 Å². The van der Waals surface area contributed by atoms with Gasteiger partial charge in [-0.15, -0.1) is 24.0 Å². The smallest absolute Gasteiger partial charge is 0.222 e. The predicted octanol–water partition coefficient (Wildman–Crippen LogP) is 2.42. The summed E-state index contributed by atoms with van der Waals surface area (Å²) < 4.78 is 0. The minimum atomic E-state index is -0.00927. The third-order valence-electron chi connectivity index (χ3n) is 3.00. The molecule has 0 fully saturated rings. The Kier molecular flexibility index (Phi) is 9.00. The van der Waals surface area contributed by atoms with Crippen molar-refractivity contribution in [3.63, 3.8) is 0 Å². The van der Waals surface area contributed by atoms with E-state index in [4.69, 9.17) is 5.73 Å². The fourth-order valence-corrected chi connectivity index (χ4v) is 1.57. The first-order valence-electron chi connectivity index (χ1n) is 6.82. The van der Waals surface area contributed by atoms with Crippen LogP contribution in [-0.2, 0) is 4.79 Å². The van der Waals surface area contributed by atoms with Crippen LogP contribution in [0.2, 0.25) is 0 Å². The van der Waals surface area contributed by atoms with E-state index >= 15 is 0 Å². The molecule has 0 radical (unpaired) electrons. The summed E-state index contributed by atoms with van der Waals surface area (Å²) in [6, 6.07) is 6.03. The van der Waals surface area contributed by atoms with Crippen LogP contribution in [0.5, 0.6) is 0 Å². The number of aliphatic imine (C=N–C) groups is 1. The van der Waals surface area contributed by atoms with Crippen LogP contribution >= 0.6 is 24.0 Å². The Bertz CT molecular complexity index is 500. The van der Waals surface area contributed by atoms with Gasteiger partial charge in [0, 0.05) is 18.2 Å². The van der Waals surface area contributed by atoms with Gasteiger partial charge in [-0.05, 0) is 37.1 Å². The number of benzene rings is 1. The summed E-state index contributed by atoms with van der Waals surface area (Å²) in [6.07, 6.45) is 0. The normalized spacial score (nSPS) is 11.0. The van der Waals surface area contributed by atoms with Crippen molar-refractivity contribution in [1.82, 2.24) is 5.32 Å². The zero-order chi connectivity index (χ0) is 15.1. The summed E-state index contributed by atoms with van der Waals surface area (Å²) in [4.78, 5) is 15.5. The summed E-state index contributed by atoms with van der Waals surface area (Å²) >= 11 is 0. The van der Waals surface area contributed by atoms with Crippen molar-refractivity contribution in [2.45, 2.75) is 27.7 Å². The number of halogens is 1. The van der Waals surface area contributed by atoms with E-state index in [-0.39, 0.29) is 35.8 Å². The van der Waals surface area contributed by atoms with Crippen LogP contribution in [0.3, 0.4) is 0 Å². The molecule has 0 aromatic heterocycles. The lowest BCUT2D eigenvalue weighted by Crippen LogP contribution is -2.31. The number of nitrogens with one attached hydrogen (secondary N) is 2. The maximum atomic E-state index is 11.3. The van der Waals surface area contributed by atoms with Gasteiger partial charge < -0.3 is 16.4 Å². The van der Waals surface area contributed by atoms with Crippen molar-refractivity contribution in [3.05, 3.63) is 29.3 Å². The predicted molar refractivity (Wildman–Crippen MR) is 99.3 cm³/mol. The molecule has 1 rings (SSSR count). The van der Waals surface area contributed by atoms with Gasteiger partial charge in [0.05, 0.1) is 6.54 Å². The number of nitrogens with two attached hydrogens (primary N) is 1. The van der Waals surface area contributed by atoms with Crippen molar-refractivity contribution in [2.24, 2.45) is 16.6 Å². The summed E-state index contributed by atoms with van der Waals surface area (Å²) in [6.45, 7) is 8.78. The maximum Gasteiger partial charge on any atom is 0.222 e. The number of carbonyl (C=O) groups excluding carboxylic acids is 1. The molecule has 118 valence electrons. The van der Waals surface area contributed by atoms with Gasteiger partial charge in [0.1, 0.15) is 0 Å². The molecule has 21 heavy (non-hydrogen) atoms. The molecule has 0 saturated carbocycles. The quantitative estimate of drug-likeness (QED) is 0.305. The molecule has 0 aliphatic carbocycles. The third kappa shape index (κ3) is 7.31. The van der Waals surface area contributed by atoms with E-state index in [0.717, 1.165) is 5.69 Å². The van der Waals surface area contributed by atoms with Crippen LogP contribution in [0.4, 0.5) is 5.69 Å². The van der Waals surface area contributed by atoms with Gasteiger partial charge >= 0.3 is 0 Å². The highest BCUT2D eigenvalue weighted by Crippen LogP contribution is 2.13. The largest absolute Gasteiger partial charge is 0.370 e. The van der Waals surface area contributed by atoms with Crippen LogP contribution in [-0.4, -0.2) is 25.0 Å². The number of nitrogens with zero attached hydrogens (tertiary/aromatic N) is 1. The van der Waals surface area contributed by atoms with E-state index in [2.05, 4.69) is 29.5 Å². The van der Waals surface area contributed by atoms with E-state index in [0.29, 0.717) is 19.0 Å². The molecule has 0 heterocycles. The minimum Gasteiger partial charge on any atom is -0.370 e. The average molecular weight is 404 g/mol. The van der Waals surface area contributed by atoms with Gasteiger partial charge in [-0.3, -0.25) is 9.79 Å². The van der Waals surface area contributed by atoms with Crippen LogP contribution in [0.1, 0.15) is 25.0 Å². The standard InChI is InChI=1S/C15H24N4O.HI/c1-10(2)14(20)17-7-8-18-15(16)19-13-6-5-11(3)12(4)9-13;/h5-6,9-10H,7-8H2,1-4H3,(H,17,20)(H3,16,18,19);1H. The summed E-state index contributed by atoms with van der Waals surface area (Å²) in [7, 11) is 0. The maximum absolute atomic E-state index is 11.3. The van der Waals surface area contributed by atoms with E-state index in [1.165, 1.54) is 11.1 Å². The van der Waals surface area contributed by atoms with Gasteiger partial charge in [0.15, 0.2) is 5.96 Å². The Labute approximate surface area is 143 Å². The fraction of sp³-hybridized carbons (Fsp3) is 0.467. The molecule has 0 spiro atoms. The topological polar surface area (TPSA) is 79.5 Å². The summed E-state index contributed by atoms with van der Waals surface area (Å²) in [5.41, 5.74) is 9.15. The Morgan fingerprint density at radius 1 is 1.29 bits per heavy atom. The molecule has 0 unspecified atom stereocenters. The highest BCUT2D eigenvalue weighted by molar-refractivity contribution is 14.0. The van der Waals surface area contributed by atoms with Crippen LogP contribution < -0.4 is 16.4 Å². The highest BCUT2D eigenvalue weighted by Gasteiger charge is 2.04. The fourth-order valence-electron chi connectivity index (χ4n) is 1.57. The molecular formula is C15H25IN4O. The number of hydrogen-bond donors (Lipinski definition) is 3. The number of hydrogen-bond acceptors (Lipinski definition) is 2. The Hall–Kier alpha value is -1.31. The lowest BCUT2D eigenvalue weighted by molar-refractivity contribution is -0.123. The number of rotatable bonds is 5. The van der Waals surface area contributed by atoms with E-state index in [9.17, 15) is 4.79 Å². The summed E-state index contributed by atoms with van der Waals surface area (Å²) in [5.74, 6) is 0.373. The zero-order valence-electron chi connectivity index (χ0n) is 13.1. The second-order valence-electron chi connectivity index (χ2n) is 5.14. The lowest BCUT2D eigenvalue weighted by Gasteiger charge is -2.09. The van der Waals surface area contributed by atoms with Crippen LogP contribution in [0.25, 0.3) is 0 Å². The molecule has 0 bridgehead atoms. The molecule has 1 aromatic carbocycles. The third-order valence-corrected chi connectivity index (χ3v) is 3.00. The first kappa shape index (κ1) is 19.7. The first-order valence-corrected chi connectivity index (χ1v) is 6.82. The molecule has 0 aliphatic rings. The molecule has 1 aromatic rings. The van der Waals surface area contributed by atoms with Gasteiger partial charge in [-0.1, -0.05) is 19.9 Å². The highest BCUT2D eigenvalue weighted by atomic mass is 127. The molecule has 0 atom stereocenters. The number of aryl methyl sites for hydroxylation is 2. The van der Waals surface area contributed by atoms with Crippen molar-refractivity contribution in [3.8, 4) is 0 Å². The van der Waals surface area contributed by atoms with E-state index in [1.54, 1.807) is 0 Å². The second kappa shape index (κ2) is 9.59. The molecule has 0 saturated heterocycles. The molecular weight excluding hydrogens is 379 g/mol. The molecule has 5 nitrogen and oxygen atoms in total. The van der Waals surface area contributed by atoms with E-state index in [1.807, 2.05) is 32.0 Å². The molecule has 6 heteroatoms. The Morgan fingerprint density at radius 2 is 1.95 bits per heavy atom. The van der Waals surface area contributed by atoms with Gasteiger partial charge in [0.2, 0.25) is 5.91 Å². The Morgan fingerprint density at radius 3 is 2.52 bits per heavy atom. The van der Waals surface area contributed by atoms with E-state index < -0.39 is 0 Å². The van der Waals surface area contributed by atoms with Crippen molar-refractivity contribution < 1.29 is 4.79 Å². The monoisotopic (exact) mass is 404 g/mol. The van der Waals surface area contributed by atoms with Crippen molar-refractivity contribution in [2.75, 3.05) is 18.4 Å². The number of amides is 1.